The molecule has 0 saturated carbocycles. The topological polar surface area (TPSA) is 81.0 Å². The van der Waals surface area contributed by atoms with Crippen LogP contribution in [0.1, 0.15) is 39.5 Å². The lowest BCUT2D eigenvalue weighted by Crippen LogP contribution is -2.44. The molecule has 0 radical (unpaired) electrons. The van der Waals surface area contributed by atoms with Gasteiger partial charge in [-0.1, -0.05) is 18.3 Å². The number of carbonyl (C=O) groups is 3. The monoisotopic (exact) mass is 481 g/mol. The van der Waals surface area contributed by atoms with Crippen LogP contribution in [0.5, 0.6) is 0 Å². The van der Waals surface area contributed by atoms with E-state index in [1.807, 2.05) is 4.90 Å². The van der Waals surface area contributed by atoms with Crippen molar-refractivity contribution in [3.05, 3.63) is 28.8 Å². The minimum absolute atomic E-state index is 0.0540. The minimum Gasteiger partial charge on any atom is -0.465 e. The SMILES string of the molecule is CCOC(=O)Cn1c(=NC(=O)CSCC(=O)N2CCCCC2CC)sc2cc(F)ccc21. The molecule has 0 bridgehead atoms. The molecule has 0 N–H and O–H groups in total. The maximum absolute atomic E-state index is 13.6. The third-order valence-corrected chi connectivity index (χ3v) is 7.27. The van der Waals surface area contributed by atoms with Gasteiger partial charge in [-0.15, -0.1) is 11.8 Å². The summed E-state index contributed by atoms with van der Waals surface area (Å²) >= 11 is 2.38. The number of ether oxygens (including phenoxy) is 1. The summed E-state index contributed by atoms with van der Waals surface area (Å²) in [5, 5.41) is 0. The van der Waals surface area contributed by atoms with Crippen molar-refractivity contribution in [2.45, 2.75) is 52.1 Å². The van der Waals surface area contributed by atoms with Crippen LogP contribution in [-0.4, -0.2) is 57.9 Å². The first-order valence-electron chi connectivity index (χ1n) is 10.8. The minimum atomic E-state index is -0.461. The van der Waals surface area contributed by atoms with E-state index in [1.54, 1.807) is 17.6 Å². The quantitative estimate of drug-likeness (QED) is 0.540. The Kier molecular flexibility index (Phi) is 8.86. The highest BCUT2D eigenvalue weighted by Gasteiger charge is 2.25. The second kappa shape index (κ2) is 11.6. The fraction of sp³-hybridized carbons (Fsp3) is 0.545. The maximum Gasteiger partial charge on any atom is 0.326 e. The number of thioether (sulfide) groups is 1. The van der Waals surface area contributed by atoms with Crippen molar-refractivity contribution < 1.29 is 23.5 Å². The molecule has 1 fully saturated rings. The van der Waals surface area contributed by atoms with Gasteiger partial charge in [-0.25, -0.2) is 4.39 Å². The molecule has 1 saturated heterocycles. The number of amides is 2. The van der Waals surface area contributed by atoms with Crippen molar-refractivity contribution in [1.29, 1.82) is 0 Å². The second-order valence-electron chi connectivity index (χ2n) is 7.53. The number of aromatic nitrogens is 1. The van der Waals surface area contributed by atoms with Crippen LogP contribution < -0.4 is 4.80 Å². The zero-order valence-corrected chi connectivity index (χ0v) is 20.0. The highest BCUT2D eigenvalue weighted by atomic mass is 32.2. The average Bonchev–Trinajstić information content (AvgIpc) is 3.09. The first-order chi connectivity index (χ1) is 15.4. The number of esters is 1. The van der Waals surface area contributed by atoms with E-state index in [0.717, 1.165) is 43.6 Å². The Morgan fingerprint density at radius 1 is 1.25 bits per heavy atom. The Morgan fingerprint density at radius 3 is 2.81 bits per heavy atom. The summed E-state index contributed by atoms with van der Waals surface area (Å²) < 4.78 is 20.8. The number of likely N-dealkylation sites (tertiary alicyclic amines) is 1. The smallest absolute Gasteiger partial charge is 0.326 e. The highest BCUT2D eigenvalue weighted by Crippen LogP contribution is 2.21. The number of hydrogen-bond donors (Lipinski definition) is 0. The highest BCUT2D eigenvalue weighted by molar-refractivity contribution is 8.00. The lowest BCUT2D eigenvalue weighted by atomic mass is 10.0. The molecule has 1 aliphatic heterocycles. The van der Waals surface area contributed by atoms with Gasteiger partial charge >= 0.3 is 5.97 Å². The molecule has 0 spiro atoms. The van der Waals surface area contributed by atoms with Gasteiger partial charge in [-0.05, 0) is 50.8 Å². The van der Waals surface area contributed by atoms with Gasteiger partial charge in [0.25, 0.3) is 5.91 Å². The molecule has 2 heterocycles. The molecule has 1 aromatic heterocycles. The molecule has 2 aromatic rings. The van der Waals surface area contributed by atoms with Gasteiger partial charge in [0.2, 0.25) is 5.91 Å². The van der Waals surface area contributed by atoms with Gasteiger partial charge in [0, 0.05) is 12.6 Å². The van der Waals surface area contributed by atoms with E-state index in [-0.39, 0.29) is 36.6 Å². The second-order valence-corrected chi connectivity index (χ2v) is 9.53. The molecule has 7 nitrogen and oxygen atoms in total. The summed E-state index contributed by atoms with van der Waals surface area (Å²) in [6, 6.07) is 4.49. The number of nitrogens with zero attached hydrogens (tertiary/aromatic N) is 3. The summed E-state index contributed by atoms with van der Waals surface area (Å²) in [6.45, 7) is 4.70. The van der Waals surface area contributed by atoms with E-state index < -0.39 is 17.7 Å². The first kappa shape index (κ1) is 24.4. The molecular weight excluding hydrogens is 453 g/mol. The lowest BCUT2D eigenvalue weighted by Gasteiger charge is -2.35. The summed E-state index contributed by atoms with van der Waals surface area (Å²) in [5.74, 6) is -0.923. The van der Waals surface area contributed by atoms with Crippen molar-refractivity contribution in [3.63, 3.8) is 0 Å². The molecule has 3 rings (SSSR count). The van der Waals surface area contributed by atoms with E-state index in [1.165, 1.54) is 23.9 Å². The van der Waals surface area contributed by atoms with E-state index in [4.69, 9.17) is 4.74 Å². The van der Waals surface area contributed by atoms with Crippen molar-refractivity contribution in [3.8, 4) is 0 Å². The molecule has 1 unspecified atom stereocenters. The van der Waals surface area contributed by atoms with Crippen LogP contribution in [0, 0.1) is 5.82 Å². The molecule has 32 heavy (non-hydrogen) atoms. The molecule has 1 atom stereocenters. The normalized spacial score (nSPS) is 17.0. The number of piperidine rings is 1. The van der Waals surface area contributed by atoms with Crippen molar-refractivity contribution in [2.24, 2.45) is 4.99 Å². The van der Waals surface area contributed by atoms with Gasteiger partial charge < -0.3 is 14.2 Å². The van der Waals surface area contributed by atoms with Crippen LogP contribution in [0.4, 0.5) is 4.39 Å². The third-order valence-electron chi connectivity index (χ3n) is 5.33. The lowest BCUT2D eigenvalue weighted by molar-refractivity contribution is -0.143. The summed E-state index contributed by atoms with van der Waals surface area (Å²) in [4.78, 5) is 43.5. The van der Waals surface area contributed by atoms with Crippen LogP contribution in [-0.2, 0) is 25.7 Å². The van der Waals surface area contributed by atoms with Gasteiger partial charge in [0.1, 0.15) is 12.4 Å². The number of halogens is 1. The number of carbonyl (C=O) groups excluding carboxylic acids is 3. The molecule has 2 amide bonds. The standard InChI is InChI=1S/C22H28FN3O4S2/c1-3-16-7-5-6-10-25(16)20(28)14-31-13-19(27)24-22-26(12-21(29)30-4-2)17-9-8-15(23)11-18(17)32-22/h8-9,11,16H,3-7,10,12-14H2,1-2H3. The van der Waals surface area contributed by atoms with Crippen molar-refractivity contribution in [2.75, 3.05) is 24.7 Å². The summed E-state index contributed by atoms with van der Waals surface area (Å²) in [7, 11) is 0. The van der Waals surface area contributed by atoms with Crippen LogP contribution in [0.15, 0.2) is 23.2 Å². The van der Waals surface area contributed by atoms with E-state index in [9.17, 15) is 18.8 Å². The van der Waals surface area contributed by atoms with Crippen LogP contribution in [0.25, 0.3) is 10.2 Å². The molecule has 1 aromatic carbocycles. The van der Waals surface area contributed by atoms with E-state index in [0.29, 0.717) is 15.0 Å². The Balaban J connectivity index is 1.70. The number of hydrogen-bond acceptors (Lipinski definition) is 6. The predicted molar refractivity (Wildman–Crippen MR) is 124 cm³/mol. The predicted octanol–water partition coefficient (Wildman–Crippen LogP) is 3.36. The number of rotatable bonds is 8. The fourth-order valence-electron chi connectivity index (χ4n) is 3.82. The van der Waals surface area contributed by atoms with Gasteiger partial charge in [-0.2, -0.15) is 4.99 Å². The van der Waals surface area contributed by atoms with Crippen LogP contribution in [0.3, 0.4) is 0 Å². The molecule has 10 heteroatoms. The zero-order chi connectivity index (χ0) is 23.1. The van der Waals surface area contributed by atoms with E-state index in [2.05, 4.69) is 11.9 Å². The summed E-state index contributed by atoms with van der Waals surface area (Å²) in [6.07, 6.45) is 4.15. The Morgan fingerprint density at radius 2 is 2.06 bits per heavy atom. The first-order valence-corrected chi connectivity index (χ1v) is 12.8. The number of thiazole rings is 1. The molecule has 174 valence electrons. The van der Waals surface area contributed by atoms with Gasteiger partial charge in [0.05, 0.1) is 28.3 Å². The van der Waals surface area contributed by atoms with Crippen LogP contribution in [0.2, 0.25) is 0 Å². The zero-order valence-electron chi connectivity index (χ0n) is 18.3. The van der Waals surface area contributed by atoms with Crippen LogP contribution >= 0.6 is 23.1 Å². The Hall–Kier alpha value is -2.20. The van der Waals surface area contributed by atoms with Gasteiger partial charge in [-0.3, -0.25) is 14.4 Å². The van der Waals surface area contributed by atoms with Gasteiger partial charge in [0.15, 0.2) is 4.80 Å². The molecule has 0 aliphatic carbocycles. The third kappa shape index (κ3) is 6.19. The van der Waals surface area contributed by atoms with Crippen molar-refractivity contribution in [1.82, 2.24) is 9.47 Å². The summed E-state index contributed by atoms with van der Waals surface area (Å²) in [5.41, 5.74) is 0.606. The fourth-order valence-corrected chi connectivity index (χ4v) is 5.58. The van der Waals surface area contributed by atoms with Crippen molar-refractivity contribution >= 4 is 51.1 Å². The average molecular weight is 482 g/mol. The molecular formula is C22H28FN3O4S2. The largest absolute Gasteiger partial charge is 0.465 e. The maximum atomic E-state index is 13.6. The molecule has 1 aliphatic rings. The van der Waals surface area contributed by atoms with E-state index >= 15 is 0 Å². The Labute approximate surface area is 194 Å². The number of fused-ring (bicyclic) bond motifs is 1. The number of benzene rings is 1. The Bertz CT molecular complexity index is 1050.